The van der Waals surface area contributed by atoms with E-state index in [1.54, 1.807) is 26.0 Å². The number of rotatable bonds is 3. The normalized spacial score (nSPS) is 12.4. The number of nitrogens with zero attached hydrogens (tertiary/aromatic N) is 1. The minimum absolute atomic E-state index is 0.0123. The van der Waals surface area contributed by atoms with Gasteiger partial charge in [0.2, 0.25) is 0 Å². The fraction of sp³-hybridized carbons (Fsp3) is 0.214. The molecule has 0 aliphatic heterocycles. The number of hydrogen-bond acceptors (Lipinski definition) is 4. The first-order chi connectivity index (χ1) is 8.90. The van der Waals surface area contributed by atoms with E-state index in [2.05, 4.69) is 0 Å². The van der Waals surface area contributed by atoms with Crippen molar-refractivity contribution < 1.29 is 15.0 Å². The minimum atomic E-state index is -0.446. The smallest absolute Gasteiger partial charge is 0.261 e. The van der Waals surface area contributed by atoms with E-state index in [1.807, 2.05) is 0 Å². The average Bonchev–Trinajstić information content (AvgIpc) is 2.39. The average molecular weight is 262 g/mol. The Morgan fingerprint density at radius 3 is 2.63 bits per heavy atom. The van der Waals surface area contributed by atoms with Crippen molar-refractivity contribution in [1.82, 2.24) is 4.90 Å². The fourth-order valence-electron chi connectivity index (χ4n) is 1.52. The molecule has 0 bridgehead atoms. The molecule has 1 aromatic rings. The first-order valence-electron chi connectivity index (χ1n) is 5.78. The summed E-state index contributed by atoms with van der Waals surface area (Å²) in [6, 6.07) is 4.57. The summed E-state index contributed by atoms with van der Waals surface area (Å²) in [6.45, 7) is 3.37. The van der Waals surface area contributed by atoms with Crippen LogP contribution in [0, 0.1) is 0 Å². The highest BCUT2D eigenvalue weighted by molar-refractivity contribution is 5.99. The Morgan fingerprint density at radius 1 is 1.42 bits per heavy atom. The van der Waals surface area contributed by atoms with Crippen molar-refractivity contribution in [3.8, 4) is 5.75 Å². The summed E-state index contributed by atoms with van der Waals surface area (Å²) in [6.07, 6.45) is 3.15. The molecule has 1 amide bonds. The van der Waals surface area contributed by atoms with Crippen LogP contribution in [0.25, 0.3) is 0 Å². The largest absolute Gasteiger partial charge is 0.506 e. The van der Waals surface area contributed by atoms with Gasteiger partial charge in [-0.15, -0.1) is 0 Å². The molecular weight excluding hydrogens is 244 g/mol. The summed E-state index contributed by atoms with van der Waals surface area (Å²) in [4.78, 5) is 13.5. The molecule has 0 fully saturated rings. The number of carbonyl (C=O) groups is 1. The lowest BCUT2D eigenvalue weighted by Crippen LogP contribution is -2.26. The number of anilines is 1. The van der Waals surface area contributed by atoms with Crippen LogP contribution in [0.1, 0.15) is 24.2 Å². The van der Waals surface area contributed by atoms with Crippen molar-refractivity contribution in [2.45, 2.75) is 13.8 Å². The van der Waals surface area contributed by atoms with Gasteiger partial charge in [-0.25, -0.2) is 0 Å². The van der Waals surface area contributed by atoms with E-state index in [4.69, 9.17) is 5.73 Å². The molecule has 5 heteroatoms. The fourth-order valence-corrected chi connectivity index (χ4v) is 1.52. The predicted octanol–water partition coefficient (Wildman–Crippen LogP) is 2.41. The number of aliphatic hydroxyl groups is 1. The Kier molecular flexibility index (Phi) is 4.58. The molecule has 0 unspecified atom stereocenters. The highest BCUT2D eigenvalue weighted by Gasteiger charge is 2.19. The maximum absolute atomic E-state index is 12.2. The third kappa shape index (κ3) is 3.07. The van der Waals surface area contributed by atoms with Crippen molar-refractivity contribution in [1.29, 1.82) is 0 Å². The van der Waals surface area contributed by atoms with E-state index >= 15 is 0 Å². The Labute approximate surface area is 112 Å². The number of aromatic hydroxyl groups is 1. The number of aliphatic hydroxyl groups excluding tert-OH is 1. The van der Waals surface area contributed by atoms with Gasteiger partial charge in [-0.05, 0) is 32.1 Å². The molecule has 19 heavy (non-hydrogen) atoms. The van der Waals surface area contributed by atoms with Crippen LogP contribution in [0.3, 0.4) is 0 Å². The molecule has 1 aromatic carbocycles. The number of nitrogens with two attached hydrogens (primary N) is 1. The molecule has 0 aliphatic carbocycles. The molecule has 0 aromatic heterocycles. The van der Waals surface area contributed by atoms with Gasteiger partial charge in [-0.2, -0.15) is 0 Å². The van der Waals surface area contributed by atoms with Gasteiger partial charge in [0, 0.05) is 7.05 Å². The minimum Gasteiger partial charge on any atom is -0.506 e. The van der Waals surface area contributed by atoms with Gasteiger partial charge < -0.3 is 20.8 Å². The zero-order valence-corrected chi connectivity index (χ0v) is 11.2. The van der Waals surface area contributed by atoms with Crippen LogP contribution in [-0.4, -0.2) is 28.1 Å². The number of amides is 1. The standard InChI is InChI=1S/C14H18N2O3/c1-4-6-12(17)9(2)16(3)14(19)10-7-5-8-11(15)13(10)18/h4-8,17-18H,15H2,1-3H3/b6-4-,12-9-. The molecule has 0 saturated heterocycles. The van der Waals surface area contributed by atoms with Gasteiger partial charge in [0.15, 0.2) is 5.75 Å². The summed E-state index contributed by atoms with van der Waals surface area (Å²) in [5.41, 5.74) is 6.16. The number of para-hydroxylation sites is 1. The lowest BCUT2D eigenvalue weighted by atomic mass is 10.1. The third-order valence-electron chi connectivity index (χ3n) is 2.80. The first-order valence-corrected chi connectivity index (χ1v) is 5.78. The summed E-state index contributed by atoms with van der Waals surface area (Å²) in [5, 5.41) is 19.5. The van der Waals surface area contributed by atoms with Crippen LogP contribution in [0.5, 0.6) is 5.75 Å². The molecule has 0 heterocycles. The van der Waals surface area contributed by atoms with Crippen molar-refractivity contribution in [2.24, 2.45) is 0 Å². The van der Waals surface area contributed by atoms with E-state index in [9.17, 15) is 15.0 Å². The van der Waals surface area contributed by atoms with E-state index in [-0.39, 0.29) is 22.8 Å². The summed E-state index contributed by atoms with van der Waals surface area (Å²) in [7, 11) is 1.51. The summed E-state index contributed by atoms with van der Waals surface area (Å²) < 4.78 is 0. The van der Waals surface area contributed by atoms with Crippen LogP contribution in [-0.2, 0) is 0 Å². The van der Waals surface area contributed by atoms with Crippen LogP contribution < -0.4 is 5.73 Å². The lowest BCUT2D eigenvalue weighted by molar-refractivity contribution is 0.0828. The van der Waals surface area contributed by atoms with E-state index in [0.29, 0.717) is 5.70 Å². The van der Waals surface area contributed by atoms with Crippen LogP contribution >= 0.6 is 0 Å². The Bertz CT molecular complexity index is 548. The number of benzene rings is 1. The number of carbonyl (C=O) groups excluding carboxylic acids is 1. The lowest BCUT2D eigenvalue weighted by Gasteiger charge is -2.19. The molecule has 4 N–H and O–H groups in total. The number of phenols is 1. The molecule has 1 rings (SSSR count). The van der Waals surface area contributed by atoms with Gasteiger partial charge in [-0.3, -0.25) is 4.79 Å². The number of phenolic OH excluding ortho intramolecular Hbond substituents is 1. The SMILES string of the molecule is C/C=C\C(O)=C(/C)N(C)C(=O)c1cccc(N)c1O. The summed E-state index contributed by atoms with van der Waals surface area (Å²) in [5.74, 6) is -0.710. The maximum Gasteiger partial charge on any atom is 0.261 e. The highest BCUT2D eigenvalue weighted by Crippen LogP contribution is 2.26. The highest BCUT2D eigenvalue weighted by atomic mass is 16.3. The Morgan fingerprint density at radius 2 is 2.05 bits per heavy atom. The van der Waals surface area contributed by atoms with Gasteiger partial charge in [-0.1, -0.05) is 12.1 Å². The third-order valence-corrected chi connectivity index (χ3v) is 2.80. The molecule has 0 aliphatic rings. The predicted molar refractivity (Wildman–Crippen MR) is 74.8 cm³/mol. The Balaban J connectivity index is 3.14. The molecule has 5 nitrogen and oxygen atoms in total. The number of allylic oxidation sites excluding steroid dienone is 3. The van der Waals surface area contributed by atoms with E-state index < -0.39 is 5.91 Å². The zero-order chi connectivity index (χ0) is 14.6. The monoisotopic (exact) mass is 262 g/mol. The molecular formula is C14H18N2O3. The van der Waals surface area contributed by atoms with Crippen molar-refractivity contribution >= 4 is 11.6 Å². The zero-order valence-electron chi connectivity index (χ0n) is 11.2. The Hall–Kier alpha value is -2.43. The van der Waals surface area contributed by atoms with Gasteiger partial charge in [0.1, 0.15) is 5.76 Å². The van der Waals surface area contributed by atoms with Crippen LogP contribution in [0.4, 0.5) is 5.69 Å². The molecule has 0 atom stereocenters. The molecule has 102 valence electrons. The number of nitrogen functional groups attached to an aromatic ring is 1. The molecule has 0 spiro atoms. The topological polar surface area (TPSA) is 86.8 Å². The van der Waals surface area contributed by atoms with Crippen molar-refractivity contribution in [3.05, 3.63) is 47.4 Å². The maximum atomic E-state index is 12.2. The second-order valence-corrected chi connectivity index (χ2v) is 4.08. The quantitative estimate of drug-likeness (QED) is 0.338. The van der Waals surface area contributed by atoms with Gasteiger partial charge in [0.25, 0.3) is 5.91 Å². The molecule has 0 radical (unpaired) electrons. The van der Waals surface area contributed by atoms with Gasteiger partial charge in [0.05, 0.1) is 16.9 Å². The van der Waals surface area contributed by atoms with Crippen molar-refractivity contribution in [2.75, 3.05) is 12.8 Å². The molecule has 0 saturated carbocycles. The van der Waals surface area contributed by atoms with Crippen molar-refractivity contribution in [3.63, 3.8) is 0 Å². The van der Waals surface area contributed by atoms with E-state index in [1.165, 1.54) is 30.2 Å². The first kappa shape index (κ1) is 14.6. The van der Waals surface area contributed by atoms with Gasteiger partial charge >= 0.3 is 0 Å². The second kappa shape index (κ2) is 5.95. The van der Waals surface area contributed by atoms with Crippen LogP contribution in [0.2, 0.25) is 0 Å². The van der Waals surface area contributed by atoms with Crippen LogP contribution in [0.15, 0.2) is 41.8 Å². The number of hydrogen-bond donors (Lipinski definition) is 3. The van der Waals surface area contributed by atoms with E-state index in [0.717, 1.165) is 0 Å². The summed E-state index contributed by atoms with van der Waals surface area (Å²) >= 11 is 0. The second-order valence-electron chi connectivity index (χ2n) is 4.08.